The zero-order chi connectivity index (χ0) is 15.4. The molecule has 1 saturated carbocycles. The second-order valence-corrected chi connectivity index (χ2v) is 6.78. The number of hydrogen-bond acceptors (Lipinski definition) is 2. The fourth-order valence-electron chi connectivity index (χ4n) is 3.06. The fraction of sp³-hybridized carbons (Fsp3) is 0.611. The lowest BCUT2D eigenvalue weighted by Gasteiger charge is -2.32. The highest BCUT2D eigenvalue weighted by molar-refractivity contribution is 5.99. The lowest BCUT2D eigenvalue weighted by Crippen LogP contribution is -2.40. The molecule has 3 atom stereocenters. The van der Waals surface area contributed by atoms with Crippen molar-refractivity contribution in [2.75, 3.05) is 5.32 Å². The van der Waals surface area contributed by atoms with Crippen LogP contribution in [-0.4, -0.2) is 18.0 Å². The molecule has 1 aliphatic rings. The SMILES string of the molecule is CC(C)Nc1ccccc1C(=O)NC1CCC(C)C(C)C1. The number of rotatable bonds is 4. The highest BCUT2D eigenvalue weighted by Gasteiger charge is 2.26. The smallest absolute Gasteiger partial charge is 0.253 e. The molecule has 0 bridgehead atoms. The lowest BCUT2D eigenvalue weighted by molar-refractivity contribution is 0.0911. The van der Waals surface area contributed by atoms with E-state index in [2.05, 4.69) is 38.3 Å². The summed E-state index contributed by atoms with van der Waals surface area (Å²) in [5.74, 6) is 1.51. The molecule has 1 aromatic rings. The topological polar surface area (TPSA) is 41.1 Å². The van der Waals surface area contributed by atoms with Crippen LogP contribution in [0, 0.1) is 11.8 Å². The zero-order valence-corrected chi connectivity index (χ0v) is 13.6. The van der Waals surface area contributed by atoms with Crippen LogP contribution in [0.2, 0.25) is 0 Å². The second kappa shape index (κ2) is 6.97. The quantitative estimate of drug-likeness (QED) is 0.877. The van der Waals surface area contributed by atoms with E-state index in [1.807, 2.05) is 24.3 Å². The number of benzene rings is 1. The van der Waals surface area contributed by atoms with Crippen molar-refractivity contribution in [3.63, 3.8) is 0 Å². The monoisotopic (exact) mass is 288 g/mol. The number of anilines is 1. The van der Waals surface area contributed by atoms with Crippen LogP contribution in [0.15, 0.2) is 24.3 Å². The number of para-hydroxylation sites is 1. The van der Waals surface area contributed by atoms with Gasteiger partial charge in [0.15, 0.2) is 0 Å². The van der Waals surface area contributed by atoms with Crippen molar-refractivity contribution in [3.8, 4) is 0 Å². The first-order valence-electron chi connectivity index (χ1n) is 8.13. The standard InChI is InChI=1S/C18H28N2O/c1-12(2)19-17-8-6-5-7-16(17)18(21)20-15-10-9-13(3)14(4)11-15/h5-8,12-15,19H,9-11H2,1-4H3,(H,20,21). The van der Waals surface area contributed by atoms with Crippen LogP contribution in [0.3, 0.4) is 0 Å². The molecule has 0 radical (unpaired) electrons. The van der Waals surface area contributed by atoms with E-state index in [-0.39, 0.29) is 5.91 Å². The van der Waals surface area contributed by atoms with Gasteiger partial charge in [-0.05, 0) is 57.1 Å². The molecule has 3 heteroatoms. The van der Waals surface area contributed by atoms with Gasteiger partial charge in [-0.2, -0.15) is 0 Å². The van der Waals surface area contributed by atoms with Gasteiger partial charge in [0.05, 0.1) is 5.56 Å². The van der Waals surface area contributed by atoms with Gasteiger partial charge < -0.3 is 10.6 Å². The normalized spacial score (nSPS) is 25.7. The molecule has 21 heavy (non-hydrogen) atoms. The third-order valence-electron chi connectivity index (χ3n) is 4.55. The molecule has 1 fully saturated rings. The predicted molar refractivity (Wildman–Crippen MR) is 88.6 cm³/mol. The molecular formula is C18H28N2O. The number of nitrogens with one attached hydrogen (secondary N) is 2. The summed E-state index contributed by atoms with van der Waals surface area (Å²) in [6, 6.07) is 8.39. The molecule has 0 heterocycles. The summed E-state index contributed by atoms with van der Waals surface area (Å²) in [5, 5.41) is 6.57. The van der Waals surface area contributed by atoms with Crippen LogP contribution in [0.1, 0.15) is 57.3 Å². The Morgan fingerprint density at radius 3 is 2.52 bits per heavy atom. The van der Waals surface area contributed by atoms with E-state index in [0.29, 0.717) is 18.0 Å². The Morgan fingerprint density at radius 1 is 1.14 bits per heavy atom. The van der Waals surface area contributed by atoms with Crippen molar-refractivity contribution < 1.29 is 4.79 Å². The molecule has 0 aromatic heterocycles. The number of carbonyl (C=O) groups excluding carboxylic acids is 1. The predicted octanol–water partition coefficient (Wildman–Crippen LogP) is 4.06. The highest BCUT2D eigenvalue weighted by atomic mass is 16.1. The van der Waals surface area contributed by atoms with Crippen molar-refractivity contribution in [1.29, 1.82) is 0 Å². The fourth-order valence-corrected chi connectivity index (χ4v) is 3.06. The van der Waals surface area contributed by atoms with E-state index in [0.717, 1.165) is 30.0 Å². The summed E-state index contributed by atoms with van der Waals surface area (Å²) in [7, 11) is 0. The minimum Gasteiger partial charge on any atom is -0.382 e. The van der Waals surface area contributed by atoms with Gasteiger partial charge in [-0.1, -0.05) is 26.0 Å². The van der Waals surface area contributed by atoms with Crippen molar-refractivity contribution in [2.45, 2.75) is 59.0 Å². The summed E-state index contributed by atoms with van der Waals surface area (Å²) >= 11 is 0. The number of amides is 1. The Balaban J connectivity index is 2.03. The van der Waals surface area contributed by atoms with Gasteiger partial charge in [0.1, 0.15) is 0 Å². The molecule has 1 aliphatic carbocycles. The summed E-state index contributed by atoms with van der Waals surface area (Å²) < 4.78 is 0. The number of hydrogen-bond donors (Lipinski definition) is 2. The van der Waals surface area contributed by atoms with E-state index < -0.39 is 0 Å². The van der Waals surface area contributed by atoms with Crippen LogP contribution < -0.4 is 10.6 Å². The maximum Gasteiger partial charge on any atom is 0.253 e. The van der Waals surface area contributed by atoms with Crippen LogP contribution in [-0.2, 0) is 0 Å². The molecular weight excluding hydrogens is 260 g/mol. The molecule has 0 aliphatic heterocycles. The Kier molecular flexibility index (Phi) is 5.27. The minimum absolute atomic E-state index is 0.0468. The molecule has 0 saturated heterocycles. The first kappa shape index (κ1) is 15.9. The Morgan fingerprint density at radius 2 is 1.86 bits per heavy atom. The molecule has 1 aromatic carbocycles. The molecule has 3 unspecified atom stereocenters. The second-order valence-electron chi connectivity index (χ2n) is 6.78. The van der Waals surface area contributed by atoms with Crippen LogP contribution in [0.5, 0.6) is 0 Å². The van der Waals surface area contributed by atoms with E-state index in [4.69, 9.17) is 0 Å². The average molecular weight is 288 g/mol. The first-order valence-corrected chi connectivity index (χ1v) is 8.13. The highest BCUT2D eigenvalue weighted by Crippen LogP contribution is 2.29. The van der Waals surface area contributed by atoms with Crippen LogP contribution in [0.25, 0.3) is 0 Å². The zero-order valence-electron chi connectivity index (χ0n) is 13.6. The van der Waals surface area contributed by atoms with E-state index in [1.165, 1.54) is 6.42 Å². The van der Waals surface area contributed by atoms with Crippen LogP contribution >= 0.6 is 0 Å². The Hall–Kier alpha value is -1.51. The third kappa shape index (κ3) is 4.23. The van der Waals surface area contributed by atoms with Crippen molar-refractivity contribution in [2.24, 2.45) is 11.8 Å². The van der Waals surface area contributed by atoms with Crippen molar-refractivity contribution in [3.05, 3.63) is 29.8 Å². The van der Waals surface area contributed by atoms with E-state index in [1.54, 1.807) is 0 Å². The van der Waals surface area contributed by atoms with Gasteiger partial charge in [-0.25, -0.2) is 0 Å². The van der Waals surface area contributed by atoms with Gasteiger partial charge in [0.2, 0.25) is 0 Å². The van der Waals surface area contributed by atoms with Crippen molar-refractivity contribution in [1.82, 2.24) is 5.32 Å². The van der Waals surface area contributed by atoms with Crippen molar-refractivity contribution >= 4 is 11.6 Å². The molecule has 2 N–H and O–H groups in total. The summed E-state index contributed by atoms with van der Waals surface area (Å²) in [6.07, 6.45) is 3.39. The Labute approximate surface area is 128 Å². The third-order valence-corrected chi connectivity index (χ3v) is 4.55. The first-order chi connectivity index (χ1) is 9.97. The van der Waals surface area contributed by atoms with Gasteiger partial charge >= 0.3 is 0 Å². The Bertz CT molecular complexity index is 484. The maximum atomic E-state index is 12.6. The van der Waals surface area contributed by atoms with Crippen LogP contribution in [0.4, 0.5) is 5.69 Å². The molecule has 1 amide bonds. The van der Waals surface area contributed by atoms with Gasteiger partial charge in [-0.3, -0.25) is 4.79 Å². The molecule has 3 nitrogen and oxygen atoms in total. The molecule has 2 rings (SSSR count). The summed E-state index contributed by atoms with van der Waals surface area (Å²) in [5.41, 5.74) is 1.67. The molecule has 0 spiro atoms. The maximum absolute atomic E-state index is 12.6. The van der Waals surface area contributed by atoms with Gasteiger partial charge in [0, 0.05) is 17.8 Å². The largest absolute Gasteiger partial charge is 0.382 e. The molecule has 116 valence electrons. The van der Waals surface area contributed by atoms with E-state index >= 15 is 0 Å². The van der Waals surface area contributed by atoms with Gasteiger partial charge in [-0.15, -0.1) is 0 Å². The number of carbonyl (C=O) groups is 1. The van der Waals surface area contributed by atoms with Gasteiger partial charge in [0.25, 0.3) is 5.91 Å². The summed E-state index contributed by atoms with van der Waals surface area (Å²) in [4.78, 5) is 12.6. The lowest BCUT2D eigenvalue weighted by atomic mass is 9.79. The minimum atomic E-state index is 0.0468. The summed E-state index contributed by atoms with van der Waals surface area (Å²) in [6.45, 7) is 8.76. The average Bonchev–Trinajstić information content (AvgIpc) is 2.43. The van der Waals surface area contributed by atoms with E-state index in [9.17, 15) is 4.79 Å².